The van der Waals surface area contributed by atoms with Crippen molar-refractivity contribution in [2.75, 3.05) is 11.9 Å². The van der Waals surface area contributed by atoms with Gasteiger partial charge in [-0.15, -0.1) is 0 Å². The van der Waals surface area contributed by atoms with Crippen molar-refractivity contribution in [3.63, 3.8) is 0 Å². The zero-order chi connectivity index (χ0) is 14.8. The lowest BCUT2D eigenvalue weighted by Gasteiger charge is -2.11. The highest BCUT2D eigenvalue weighted by Gasteiger charge is 2.11. The summed E-state index contributed by atoms with van der Waals surface area (Å²) in [5.74, 6) is 1.49. The van der Waals surface area contributed by atoms with Crippen molar-refractivity contribution in [3.05, 3.63) is 53.1 Å². The van der Waals surface area contributed by atoms with Crippen LogP contribution in [0.1, 0.15) is 12.5 Å². The molecule has 2 aromatic carbocycles. The summed E-state index contributed by atoms with van der Waals surface area (Å²) in [6, 6.07) is 13.8. The molecule has 0 saturated carbocycles. The van der Waals surface area contributed by atoms with Crippen LogP contribution in [0.5, 0.6) is 0 Å². The molecule has 0 amide bonds. The van der Waals surface area contributed by atoms with E-state index < -0.39 is 0 Å². The molecular weight excluding hydrogens is 282 g/mol. The molecule has 21 heavy (non-hydrogen) atoms. The molecule has 4 heteroatoms. The maximum Gasteiger partial charge on any atom is 0.163 e. The predicted molar refractivity (Wildman–Crippen MR) is 88.9 cm³/mol. The van der Waals surface area contributed by atoms with Gasteiger partial charge in [-0.1, -0.05) is 35.4 Å². The van der Waals surface area contributed by atoms with Crippen LogP contribution in [0.4, 0.5) is 5.82 Å². The van der Waals surface area contributed by atoms with Crippen LogP contribution in [0.3, 0.4) is 0 Å². The Morgan fingerprint density at radius 1 is 1.10 bits per heavy atom. The standard InChI is InChI=1S/C17H16ClN3/c1-3-19-16-13-10-11(2)8-9-15(13)20-17(21-16)12-6-4-5-7-14(12)18/h4-10H,3H2,1-2H3,(H,19,20,21). The Morgan fingerprint density at radius 2 is 1.90 bits per heavy atom. The third-order valence-electron chi connectivity index (χ3n) is 3.31. The van der Waals surface area contributed by atoms with E-state index in [4.69, 9.17) is 11.6 Å². The fourth-order valence-electron chi connectivity index (χ4n) is 2.31. The number of hydrogen-bond donors (Lipinski definition) is 1. The third kappa shape index (κ3) is 2.69. The van der Waals surface area contributed by atoms with Crippen LogP contribution in [0, 0.1) is 6.92 Å². The van der Waals surface area contributed by atoms with E-state index >= 15 is 0 Å². The molecule has 0 aliphatic rings. The quantitative estimate of drug-likeness (QED) is 0.762. The number of nitrogens with zero attached hydrogens (tertiary/aromatic N) is 2. The fourth-order valence-corrected chi connectivity index (χ4v) is 2.53. The highest BCUT2D eigenvalue weighted by molar-refractivity contribution is 6.33. The number of nitrogens with one attached hydrogen (secondary N) is 1. The molecule has 0 saturated heterocycles. The van der Waals surface area contributed by atoms with Gasteiger partial charge < -0.3 is 5.32 Å². The molecule has 1 heterocycles. The number of anilines is 1. The normalized spacial score (nSPS) is 10.8. The molecule has 0 fully saturated rings. The zero-order valence-corrected chi connectivity index (χ0v) is 12.8. The number of aryl methyl sites for hydroxylation is 1. The summed E-state index contributed by atoms with van der Waals surface area (Å²) in [6.45, 7) is 4.93. The van der Waals surface area contributed by atoms with Crippen LogP contribution in [-0.2, 0) is 0 Å². The maximum absolute atomic E-state index is 6.26. The summed E-state index contributed by atoms with van der Waals surface area (Å²) in [7, 11) is 0. The van der Waals surface area contributed by atoms with Gasteiger partial charge in [-0.3, -0.25) is 0 Å². The molecule has 3 nitrogen and oxygen atoms in total. The number of halogens is 1. The lowest BCUT2D eigenvalue weighted by Crippen LogP contribution is -2.03. The first-order valence-electron chi connectivity index (χ1n) is 6.96. The Hall–Kier alpha value is -2.13. The van der Waals surface area contributed by atoms with Gasteiger partial charge in [0, 0.05) is 17.5 Å². The number of benzene rings is 2. The Labute approximate surface area is 129 Å². The van der Waals surface area contributed by atoms with Gasteiger partial charge in [-0.25, -0.2) is 9.97 Å². The van der Waals surface area contributed by atoms with Gasteiger partial charge in [0.2, 0.25) is 0 Å². The zero-order valence-electron chi connectivity index (χ0n) is 12.0. The topological polar surface area (TPSA) is 37.8 Å². The van der Waals surface area contributed by atoms with E-state index in [0.29, 0.717) is 10.8 Å². The molecule has 3 rings (SSSR count). The van der Waals surface area contributed by atoms with Gasteiger partial charge in [0.25, 0.3) is 0 Å². The molecule has 0 unspecified atom stereocenters. The second-order valence-corrected chi connectivity index (χ2v) is 5.33. The largest absolute Gasteiger partial charge is 0.370 e. The van der Waals surface area contributed by atoms with E-state index in [0.717, 1.165) is 28.8 Å². The van der Waals surface area contributed by atoms with E-state index in [-0.39, 0.29) is 0 Å². The van der Waals surface area contributed by atoms with Crippen molar-refractivity contribution in [2.24, 2.45) is 0 Å². The van der Waals surface area contributed by atoms with E-state index in [1.807, 2.05) is 30.3 Å². The summed E-state index contributed by atoms with van der Waals surface area (Å²) in [5, 5.41) is 5.01. The average Bonchev–Trinajstić information content (AvgIpc) is 2.48. The lowest BCUT2D eigenvalue weighted by molar-refractivity contribution is 1.14. The second-order valence-electron chi connectivity index (χ2n) is 4.93. The molecule has 0 bridgehead atoms. The van der Waals surface area contributed by atoms with Gasteiger partial charge >= 0.3 is 0 Å². The lowest BCUT2D eigenvalue weighted by atomic mass is 10.1. The van der Waals surface area contributed by atoms with Gasteiger partial charge in [0.05, 0.1) is 10.5 Å². The minimum absolute atomic E-state index is 0.646. The molecule has 0 atom stereocenters. The first-order valence-corrected chi connectivity index (χ1v) is 7.34. The molecule has 0 aliphatic heterocycles. The third-order valence-corrected chi connectivity index (χ3v) is 3.64. The monoisotopic (exact) mass is 297 g/mol. The molecule has 1 N–H and O–H groups in total. The van der Waals surface area contributed by atoms with Crippen LogP contribution in [-0.4, -0.2) is 16.5 Å². The van der Waals surface area contributed by atoms with Gasteiger partial charge in [-0.2, -0.15) is 0 Å². The van der Waals surface area contributed by atoms with E-state index in [2.05, 4.69) is 41.3 Å². The van der Waals surface area contributed by atoms with Gasteiger partial charge in [0.1, 0.15) is 5.82 Å². The molecule has 0 aliphatic carbocycles. The van der Waals surface area contributed by atoms with Crippen molar-refractivity contribution in [1.82, 2.24) is 9.97 Å². The summed E-state index contributed by atoms with van der Waals surface area (Å²) in [6.07, 6.45) is 0. The average molecular weight is 298 g/mol. The van der Waals surface area contributed by atoms with Gasteiger partial charge in [0.15, 0.2) is 5.82 Å². The molecule has 0 radical (unpaired) electrons. The molecule has 1 aromatic heterocycles. The smallest absolute Gasteiger partial charge is 0.163 e. The van der Waals surface area contributed by atoms with E-state index in [9.17, 15) is 0 Å². The Balaban J connectivity index is 2.26. The Kier molecular flexibility index (Phi) is 3.76. The second kappa shape index (κ2) is 5.70. The first-order chi connectivity index (χ1) is 10.2. The summed E-state index contributed by atoms with van der Waals surface area (Å²) in [5.41, 5.74) is 2.96. The number of fused-ring (bicyclic) bond motifs is 1. The molecular formula is C17H16ClN3. The summed E-state index contributed by atoms with van der Waals surface area (Å²) in [4.78, 5) is 9.31. The minimum Gasteiger partial charge on any atom is -0.370 e. The summed E-state index contributed by atoms with van der Waals surface area (Å²) < 4.78 is 0. The van der Waals surface area contributed by atoms with Crippen LogP contribution in [0.15, 0.2) is 42.5 Å². The van der Waals surface area contributed by atoms with Crippen molar-refractivity contribution in [2.45, 2.75) is 13.8 Å². The van der Waals surface area contributed by atoms with Crippen LogP contribution >= 0.6 is 11.6 Å². The SMILES string of the molecule is CCNc1nc(-c2ccccc2Cl)nc2ccc(C)cc12. The summed E-state index contributed by atoms with van der Waals surface area (Å²) >= 11 is 6.26. The Bertz CT molecular complexity index is 799. The van der Waals surface area contributed by atoms with E-state index in [1.165, 1.54) is 5.56 Å². The first kappa shape index (κ1) is 13.8. The van der Waals surface area contributed by atoms with Crippen molar-refractivity contribution < 1.29 is 0 Å². The molecule has 0 spiro atoms. The van der Waals surface area contributed by atoms with Crippen LogP contribution in [0.25, 0.3) is 22.3 Å². The Morgan fingerprint density at radius 3 is 2.67 bits per heavy atom. The van der Waals surface area contributed by atoms with E-state index in [1.54, 1.807) is 0 Å². The maximum atomic E-state index is 6.26. The number of rotatable bonds is 3. The molecule has 106 valence electrons. The van der Waals surface area contributed by atoms with Crippen molar-refractivity contribution >= 4 is 28.3 Å². The van der Waals surface area contributed by atoms with Crippen molar-refractivity contribution in [3.8, 4) is 11.4 Å². The number of hydrogen-bond acceptors (Lipinski definition) is 3. The molecule has 3 aromatic rings. The number of aromatic nitrogens is 2. The highest BCUT2D eigenvalue weighted by Crippen LogP contribution is 2.29. The van der Waals surface area contributed by atoms with Crippen molar-refractivity contribution in [1.29, 1.82) is 0 Å². The highest BCUT2D eigenvalue weighted by atomic mass is 35.5. The minimum atomic E-state index is 0.646. The van der Waals surface area contributed by atoms with Crippen LogP contribution < -0.4 is 5.32 Å². The van der Waals surface area contributed by atoms with Crippen LogP contribution in [0.2, 0.25) is 5.02 Å². The fraction of sp³-hybridized carbons (Fsp3) is 0.176. The predicted octanol–water partition coefficient (Wildman–Crippen LogP) is 4.69. The van der Waals surface area contributed by atoms with Gasteiger partial charge in [-0.05, 0) is 38.1 Å².